The number of hydrogen-bond acceptors (Lipinski definition) is 2. The third-order valence-corrected chi connectivity index (χ3v) is 2.87. The van der Waals surface area contributed by atoms with Crippen LogP contribution in [0.4, 0.5) is 0 Å². The highest BCUT2D eigenvalue weighted by Gasteiger charge is 2.27. The lowest BCUT2D eigenvalue weighted by Gasteiger charge is -2.33. The first-order valence-corrected chi connectivity index (χ1v) is 6.39. The fraction of sp³-hybridized carbons (Fsp3) is 0.562. The maximum atomic E-state index is 10.9. The van der Waals surface area contributed by atoms with Crippen molar-refractivity contribution in [3.63, 3.8) is 0 Å². The van der Waals surface area contributed by atoms with Gasteiger partial charge in [0.1, 0.15) is 5.75 Å². The molecule has 0 aliphatic heterocycles. The molecule has 1 rings (SSSR count). The minimum Gasteiger partial charge on any atom is -0.427 e. The zero-order valence-corrected chi connectivity index (χ0v) is 12.3. The van der Waals surface area contributed by atoms with Crippen LogP contribution in [0.15, 0.2) is 24.3 Å². The highest BCUT2D eigenvalue weighted by atomic mass is 16.5. The van der Waals surface area contributed by atoms with Crippen LogP contribution in [0.2, 0.25) is 0 Å². The van der Waals surface area contributed by atoms with Crippen molar-refractivity contribution in [3.8, 4) is 5.75 Å². The van der Waals surface area contributed by atoms with Crippen molar-refractivity contribution in [2.75, 3.05) is 0 Å². The van der Waals surface area contributed by atoms with E-state index in [0.29, 0.717) is 5.75 Å². The van der Waals surface area contributed by atoms with Crippen molar-refractivity contribution >= 4 is 5.97 Å². The number of carbonyl (C=O) groups excluding carboxylic acids is 1. The summed E-state index contributed by atoms with van der Waals surface area (Å²) in [6.07, 6.45) is 1.10. The van der Waals surface area contributed by atoms with E-state index in [-0.39, 0.29) is 16.8 Å². The molecule has 0 unspecified atom stereocenters. The first kappa shape index (κ1) is 14.7. The first-order valence-electron chi connectivity index (χ1n) is 6.39. The normalized spacial score (nSPS) is 12.3. The molecular formula is C16H24O2. The molecule has 1 aromatic carbocycles. The summed E-state index contributed by atoms with van der Waals surface area (Å²) in [7, 11) is 0. The Morgan fingerprint density at radius 1 is 1.06 bits per heavy atom. The fourth-order valence-electron chi connectivity index (χ4n) is 2.57. The van der Waals surface area contributed by atoms with Gasteiger partial charge in [0.05, 0.1) is 0 Å². The summed E-state index contributed by atoms with van der Waals surface area (Å²) in [6, 6.07) is 7.82. The summed E-state index contributed by atoms with van der Waals surface area (Å²) in [5.41, 5.74) is 1.68. The predicted octanol–water partition coefficient (Wildman–Crippen LogP) is 4.33. The van der Waals surface area contributed by atoms with E-state index in [2.05, 4.69) is 34.6 Å². The molecule has 0 N–H and O–H groups in total. The number of rotatable bonds is 3. The fourth-order valence-corrected chi connectivity index (χ4v) is 2.57. The van der Waals surface area contributed by atoms with Gasteiger partial charge in [-0.15, -0.1) is 0 Å². The highest BCUT2D eigenvalue weighted by molar-refractivity contribution is 5.69. The van der Waals surface area contributed by atoms with Gasteiger partial charge in [-0.2, -0.15) is 0 Å². The van der Waals surface area contributed by atoms with Crippen LogP contribution in [0.25, 0.3) is 0 Å². The van der Waals surface area contributed by atoms with E-state index in [1.165, 1.54) is 12.5 Å². The van der Waals surface area contributed by atoms with Crippen molar-refractivity contribution in [3.05, 3.63) is 29.8 Å². The quantitative estimate of drug-likeness (QED) is 0.588. The molecule has 0 heterocycles. The number of benzene rings is 1. The first-order chi connectivity index (χ1) is 8.10. The van der Waals surface area contributed by atoms with E-state index < -0.39 is 0 Å². The van der Waals surface area contributed by atoms with Crippen molar-refractivity contribution in [1.82, 2.24) is 0 Å². The van der Waals surface area contributed by atoms with Gasteiger partial charge in [-0.3, -0.25) is 4.79 Å². The Labute approximate surface area is 110 Å². The van der Waals surface area contributed by atoms with Crippen LogP contribution >= 0.6 is 0 Å². The van der Waals surface area contributed by atoms with Crippen molar-refractivity contribution in [1.29, 1.82) is 0 Å². The maximum Gasteiger partial charge on any atom is 0.308 e. The molecule has 0 fully saturated rings. The Bertz CT molecular complexity index is 408. The minimum atomic E-state index is -0.281. The highest BCUT2D eigenvalue weighted by Crippen LogP contribution is 2.36. The van der Waals surface area contributed by atoms with Gasteiger partial charge in [-0.1, -0.05) is 46.8 Å². The maximum absolute atomic E-state index is 10.9. The molecule has 0 aliphatic carbocycles. The van der Waals surface area contributed by atoms with Crippen LogP contribution in [0.3, 0.4) is 0 Å². The van der Waals surface area contributed by atoms with Gasteiger partial charge in [0.25, 0.3) is 0 Å². The average molecular weight is 248 g/mol. The third kappa shape index (κ3) is 4.52. The summed E-state index contributed by atoms with van der Waals surface area (Å²) in [6.45, 7) is 12.7. The van der Waals surface area contributed by atoms with E-state index in [9.17, 15) is 4.79 Å². The van der Waals surface area contributed by atoms with Gasteiger partial charge in [0.2, 0.25) is 0 Å². The second-order valence-electron chi connectivity index (χ2n) is 6.74. The molecule has 2 nitrogen and oxygen atoms in total. The van der Waals surface area contributed by atoms with Gasteiger partial charge >= 0.3 is 5.97 Å². The smallest absolute Gasteiger partial charge is 0.308 e. The van der Waals surface area contributed by atoms with Gasteiger partial charge in [-0.25, -0.2) is 0 Å². The van der Waals surface area contributed by atoms with E-state index in [1.54, 1.807) is 0 Å². The summed E-state index contributed by atoms with van der Waals surface area (Å²) < 4.78 is 5.04. The molecular weight excluding hydrogens is 224 g/mol. The van der Waals surface area contributed by atoms with Crippen LogP contribution < -0.4 is 4.74 Å². The Morgan fingerprint density at radius 2 is 1.56 bits per heavy atom. The van der Waals surface area contributed by atoms with Crippen molar-refractivity contribution in [2.24, 2.45) is 5.41 Å². The summed E-state index contributed by atoms with van der Waals surface area (Å²) in [4.78, 5) is 10.9. The third-order valence-electron chi connectivity index (χ3n) is 2.87. The van der Waals surface area contributed by atoms with E-state index in [4.69, 9.17) is 4.74 Å². The Kier molecular flexibility index (Phi) is 4.20. The Hall–Kier alpha value is -1.31. The summed E-state index contributed by atoms with van der Waals surface area (Å²) >= 11 is 0. The average Bonchev–Trinajstić information content (AvgIpc) is 2.13. The summed E-state index contributed by atoms with van der Waals surface area (Å²) in [5, 5.41) is 0. The predicted molar refractivity (Wildman–Crippen MR) is 74.8 cm³/mol. The molecule has 0 aliphatic rings. The SMILES string of the molecule is CC(=O)Oc1ccc(C(C)(C)CC(C)(C)C)cc1. The number of ether oxygens (including phenoxy) is 1. The van der Waals surface area contributed by atoms with Gasteiger partial charge < -0.3 is 4.74 Å². The van der Waals surface area contributed by atoms with E-state index in [0.717, 1.165) is 6.42 Å². The molecule has 0 radical (unpaired) electrons. The number of carbonyl (C=O) groups is 1. The molecule has 2 heteroatoms. The largest absolute Gasteiger partial charge is 0.427 e. The zero-order valence-electron chi connectivity index (χ0n) is 12.3. The van der Waals surface area contributed by atoms with Gasteiger partial charge in [0.15, 0.2) is 0 Å². The van der Waals surface area contributed by atoms with Crippen LogP contribution in [0, 0.1) is 5.41 Å². The lowest BCUT2D eigenvalue weighted by molar-refractivity contribution is -0.131. The van der Waals surface area contributed by atoms with Crippen molar-refractivity contribution in [2.45, 2.75) is 53.4 Å². The second-order valence-corrected chi connectivity index (χ2v) is 6.74. The topological polar surface area (TPSA) is 26.3 Å². The Balaban J connectivity index is 2.87. The molecule has 0 bridgehead atoms. The standard InChI is InChI=1S/C16H24O2/c1-12(17)18-14-9-7-13(8-10-14)16(5,6)11-15(2,3)4/h7-10H,11H2,1-6H3. The molecule has 0 saturated carbocycles. The molecule has 0 aromatic heterocycles. The molecule has 100 valence electrons. The van der Waals surface area contributed by atoms with Gasteiger partial charge in [0, 0.05) is 6.92 Å². The van der Waals surface area contributed by atoms with Crippen LogP contribution in [-0.2, 0) is 10.2 Å². The number of esters is 1. The van der Waals surface area contributed by atoms with E-state index in [1.807, 2.05) is 24.3 Å². The lowest BCUT2D eigenvalue weighted by atomic mass is 9.72. The number of hydrogen-bond donors (Lipinski definition) is 0. The molecule has 0 amide bonds. The van der Waals surface area contributed by atoms with Crippen LogP contribution in [0.1, 0.15) is 53.5 Å². The van der Waals surface area contributed by atoms with Crippen LogP contribution in [0.5, 0.6) is 5.75 Å². The lowest BCUT2D eigenvalue weighted by Crippen LogP contribution is -2.24. The van der Waals surface area contributed by atoms with Gasteiger partial charge in [-0.05, 0) is 34.9 Å². The van der Waals surface area contributed by atoms with Crippen LogP contribution in [-0.4, -0.2) is 5.97 Å². The minimum absolute atomic E-state index is 0.118. The molecule has 0 spiro atoms. The van der Waals surface area contributed by atoms with Crippen molar-refractivity contribution < 1.29 is 9.53 Å². The molecule has 1 aromatic rings. The molecule has 18 heavy (non-hydrogen) atoms. The monoisotopic (exact) mass is 248 g/mol. The Morgan fingerprint density at radius 3 is 1.94 bits per heavy atom. The summed E-state index contributed by atoms with van der Waals surface area (Å²) in [5.74, 6) is 0.328. The van der Waals surface area contributed by atoms with E-state index >= 15 is 0 Å². The molecule has 0 saturated heterocycles. The zero-order chi connectivity index (χ0) is 14.0. The second kappa shape index (κ2) is 5.13. The molecule has 0 atom stereocenters.